The Labute approximate surface area is 148 Å². The molecule has 0 spiro atoms. The first kappa shape index (κ1) is 18.7. The minimum absolute atomic E-state index is 0.00485. The highest BCUT2D eigenvalue weighted by Crippen LogP contribution is 2.21. The second kappa shape index (κ2) is 7.51. The Morgan fingerprint density at radius 1 is 1.08 bits per heavy atom. The molecule has 0 aliphatic carbocycles. The van der Waals surface area contributed by atoms with Crippen molar-refractivity contribution < 1.29 is 9.59 Å². The SMILES string of the molecule is Cc1cc(C)c(NC(=O)CN(C)C(=O)Cn2nc(C)cc2C)c(C)c1. The maximum absolute atomic E-state index is 12.3. The molecule has 6 heteroatoms. The number of hydrogen-bond donors (Lipinski definition) is 1. The third-order valence-electron chi connectivity index (χ3n) is 4.14. The number of carbonyl (C=O) groups is 2. The average Bonchev–Trinajstić information content (AvgIpc) is 2.80. The van der Waals surface area contributed by atoms with E-state index >= 15 is 0 Å². The zero-order valence-corrected chi connectivity index (χ0v) is 15.8. The molecule has 1 aromatic carbocycles. The van der Waals surface area contributed by atoms with E-state index in [-0.39, 0.29) is 24.9 Å². The summed E-state index contributed by atoms with van der Waals surface area (Å²) in [5, 5.41) is 7.20. The summed E-state index contributed by atoms with van der Waals surface area (Å²) in [7, 11) is 1.63. The van der Waals surface area contributed by atoms with E-state index in [1.165, 1.54) is 4.90 Å². The van der Waals surface area contributed by atoms with E-state index < -0.39 is 0 Å². The number of nitrogens with zero attached hydrogens (tertiary/aromatic N) is 3. The lowest BCUT2D eigenvalue weighted by Gasteiger charge is -2.19. The van der Waals surface area contributed by atoms with Crippen LogP contribution in [0.1, 0.15) is 28.1 Å². The predicted molar refractivity (Wildman–Crippen MR) is 98.6 cm³/mol. The molecule has 2 rings (SSSR count). The van der Waals surface area contributed by atoms with Crippen molar-refractivity contribution in [1.29, 1.82) is 0 Å². The van der Waals surface area contributed by atoms with Crippen molar-refractivity contribution in [2.24, 2.45) is 0 Å². The van der Waals surface area contributed by atoms with Crippen molar-refractivity contribution in [3.63, 3.8) is 0 Å². The maximum Gasteiger partial charge on any atom is 0.244 e. The van der Waals surface area contributed by atoms with Crippen LogP contribution in [0.4, 0.5) is 5.69 Å². The number of likely N-dealkylation sites (N-methyl/N-ethyl adjacent to an activating group) is 1. The van der Waals surface area contributed by atoms with Crippen LogP contribution < -0.4 is 5.32 Å². The molecular weight excluding hydrogens is 316 g/mol. The van der Waals surface area contributed by atoms with Gasteiger partial charge in [-0.25, -0.2) is 0 Å². The van der Waals surface area contributed by atoms with Gasteiger partial charge in [0.05, 0.1) is 12.2 Å². The average molecular weight is 342 g/mol. The Hall–Kier alpha value is -2.63. The first-order chi connectivity index (χ1) is 11.7. The van der Waals surface area contributed by atoms with E-state index in [0.717, 1.165) is 33.8 Å². The Morgan fingerprint density at radius 2 is 1.68 bits per heavy atom. The number of aryl methyl sites for hydroxylation is 5. The van der Waals surface area contributed by atoms with Crippen LogP contribution in [0.15, 0.2) is 18.2 Å². The van der Waals surface area contributed by atoms with Crippen molar-refractivity contribution in [2.75, 3.05) is 18.9 Å². The predicted octanol–water partition coefficient (Wildman–Crippen LogP) is 2.52. The summed E-state index contributed by atoms with van der Waals surface area (Å²) >= 11 is 0. The topological polar surface area (TPSA) is 67.2 Å². The summed E-state index contributed by atoms with van der Waals surface area (Å²) in [6, 6.07) is 5.98. The highest BCUT2D eigenvalue weighted by Gasteiger charge is 2.16. The quantitative estimate of drug-likeness (QED) is 0.908. The van der Waals surface area contributed by atoms with Crippen LogP contribution in [0, 0.1) is 34.6 Å². The molecule has 0 atom stereocenters. The van der Waals surface area contributed by atoms with Gasteiger partial charge >= 0.3 is 0 Å². The monoisotopic (exact) mass is 342 g/mol. The Kier molecular flexibility index (Phi) is 5.62. The summed E-state index contributed by atoms with van der Waals surface area (Å²) < 4.78 is 1.65. The summed E-state index contributed by atoms with van der Waals surface area (Å²) in [5.74, 6) is -0.363. The fourth-order valence-electron chi connectivity index (χ4n) is 2.94. The van der Waals surface area contributed by atoms with Gasteiger partial charge in [0.2, 0.25) is 11.8 Å². The third-order valence-corrected chi connectivity index (χ3v) is 4.14. The molecule has 1 heterocycles. The molecule has 6 nitrogen and oxygen atoms in total. The molecule has 0 saturated carbocycles. The molecule has 0 aliphatic heterocycles. The van der Waals surface area contributed by atoms with Gasteiger partial charge in [-0.2, -0.15) is 5.10 Å². The summed E-state index contributed by atoms with van der Waals surface area (Å²) in [5.41, 5.74) is 5.80. The summed E-state index contributed by atoms with van der Waals surface area (Å²) in [4.78, 5) is 26.1. The lowest BCUT2D eigenvalue weighted by molar-refractivity contribution is -0.134. The highest BCUT2D eigenvalue weighted by molar-refractivity contribution is 5.95. The molecule has 0 bridgehead atoms. The Morgan fingerprint density at radius 3 is 2.20 bits per heavy atom. The lowest BCUT2D eigenvalue weighted by atomic mass is 10.1. The molecule has 2 amide bonds. The van der Waals surface area contributed by atoms with Gasteiger partial charge in [-0.15, -0.1) is 0 Å². The normalized spacial score (nSPS) is 10.6. The van der Waals surface area contributed by atoms with Crippen LogP contribution >= 0.6 is 0 Å². The van der Waals surface area contributed by atoms with Gasteiger partial charge in [0, 0.05) is 18.4 Å². The largest absolute Gasteiger partial charge is 0.335 e. The molecule has 0 fully saturated rings. The van der Waals surface area contributed by atoms with Gasteiger partial charge in [-0.3, -0.25) is 14.3 Å². The van der Waals surface area contributed by atoms with E-state index in [4.69, 9.17) is 0 Å². The van der Waals surface area contributed by atoms with Gasteiger partial charge in [-0.05, 0) is 51.8 Å². The van der Waals surface area contributed by atoms with Gasteiger partial charge in [0.1, 0.15) is 6.54 Å². The highest BCUT2D eigenvalue weighted by atomic mass is 16.2. The van der Waals surface area contributed by atoms with Crippen LogP contribution in [-0.4, -0.2) is 40.1 Å². The van der Waals surface area contributed by atoms with Crippen LogP contribution in [0.3, 0.4) is 0 Å². The third kappa shape index (κ3) is 4.68. The van der Waals surface area contributed by atoms with Crippen molar-refractivity contribution in [2.45, 2.75) is 41.2 Å². The first-order valence-electron chi connectivity index (χ1n) is 8.30. The molecule has 0 radical (unpaired) electrons. The van der Waals surface area contributed by atoms with Crippen molar-refractivity contribution in [3.8, 4) is 0 Å². The molecule has 0 unspecified atom stereocenters. The zero-order chi connectivity index (χ0) is 18.7. The molecule has 25 heavy (non-hydrogen) atoms. The minimum atomic E-state index is -0.209. The van der Waals surface area contributed by atoms with E-state index in [0.29, 0.717) is 0 Å². The van der Waals surface area contributed by atoms with Crippen molar-refractivity contribution in [1.82, 2.24) is 14.7 Å². The van der Waals surface area contributed by atoms with E-state index in [1.807, 2.05) is 52.8 Å². The fourth-order valence-corrected chi connectivity index (χ4v) is 2.94. The zero-order valence-electron chi connectivity index (χ0n) is 15.8. The van der Waals surface area contributed by atoms with Gasteiger partial charge in [-0.1, -0.05) is 17.7 Å². The summed E-state index contributed by atoms with van der Waals surface area (Å²) in [6.07, 6.45) is 0. The number of nitrogens with one attached hydrogen (secondary N) is 1. The second-order valence-electron chi connectivity index (χ2n) is 6.66. The Bertz CT molecular complexity index is 785. The second-order valence-corrected chi connectivity index (χ2v) is 6.66. The lowest BCUT2D eigenvalue weighted by Crippen LogP contribution is -2.37. The number of benzene rings is 1. The van der Waals surface area contributed by atoms with E-state index in [9.17, 15) is 9.59 Å². The maximum atomic E-state index is 12.3. The molecule has 134 valence electrons. The van der Waals surface area contributed by atoms with E-state index in [2.05, 4.69) is 10.4 Å². The number of anilines is 1. The standard InChI is InChI=1S/C19H26N4O2/c1-12-7-13(2)19(14(3)8-12)20-17(24)10-22(6)18(25)11-23-16(5)9-15(4)21-23/h7-9H,10-11H2,1-6H3,(H,20,24). The van der Waals surface area contributed by atoms with Crippen LogP contribution in [-0.2, 0) is 16.1 Å². The van der Waals surface area contributed by atoms with Crippen LogP contribution in [0.5, 0.6) is 0 Å². The molecule has 1 aromatic heterocycles. The van der Waals surface area contributed by atoms with Crippen LogP contribution in [0.25, 0.3) is 0 Å². The molecular formula is C19H26N4O2. The van der Waals surface area contributed by atoms with Crippen molar-refractivity contribution >= 4 is 17.5 Å². The molecule has 0 aliphatic rings. The van der Waals surface area contributed by atoms with E-state index in [1.54, 1.807) is 11.7 Å². The van der Waals surface area contributed by atoms with Crippen molar-refractivity contribution in [3.05, 3.63) is 46.3 Å². The smallest absolute Gasteiger partial charge is 0.244 e. The first-order valence-corrected chi connectivity index (χ1v) is 8.30. The van der Waals surface area contributed by atoms with Crippen LogP contribution in [0.2, 0.25) is 0 Å². The molecule has 2 aromatic rings. The minimum Gasteiger partial charge on any atom is -0.335 e. The van der Waals surface area contributed by atoms with Gasteiger partial charge < -0.3 is 10.2 Å². The molecule has 1 N–H and O–H groups in total. The van der Waals surface area contributed by atoms with Gasteiger partial charge in [0.25, 0.3) is 0 Å². The molecule has 0 saturated heterocycles. The number of hydrogen-bond acceptors (Lipinski definition) is 3. The number of aromatic nitrogens is 2. The summed E-state index contributed by atoms with van der Waals surface area (Å²) in [6.45, 7) is 9.88. The fraction of sp³-hybridized carbons (Fsp3) is 0.421. The number of amides is 2. The van der Waals surface area contributed by atoms with Gasteiger partial charge in [0.15, 0.2) is 0 Å². The number of carbonyl (C=O) groups excluding carboxylic acids is 2. The number of rotatable bonds is 5. The Balaban J connectivity index is 1.98.